The molecule has 2 heterocycles. The van der Waals surface area contributed by atoms with E-state index < -0.39 is 6.09 Å². The highest BCUT2D eigenvalue weighted by Gasteiger charge is 2.35. The van der Waals surface area contributed by atoms with Crippen LogP contribution in [0.2, 0.25) is 0 Å². The fourth-order valence-corrected chi connectivity index (χ4v) is 3.09. The second-order valence-corrected chi connectivity index (χ2v) is 5.34. The lowest BCUT2D eigenvalue weighted by molar-refractivity contribution is -0.126. The van der Waals surface area contributed by atoms with Crippen molar-refractivity contribution in [1.82, 2.24) is 15.5 Å². The van der Waals surface area contributed by atoms with E-state index in [9.17, 15) is 9.59 Å². The van der Waals surface area contributed by atoms with E-state index in [2.05, 4.69) is 20.3 Å². The van der Waals surface area contributed by atoms with Gasteiger partial charge in [0.05, 0.1) is 12.6 Å². The highest BCUT2D eigenvalue weighted by atomic mass is 16.5. The predicted octanol–water partition coefficient (Wildman–Crippen LogP) is -0.586. The van der Waals surface area contributed by atoms with E-state index in [4.69, 9.17) is 5.73 Å². The Morgan fingerprint density at radius 3 is 2.75 bits per heavy atom. The third-order valence-corrected chi connectivity index (χ3v) is 4.02. The predicted molar refractivity (Wildman–Crippen MR) is 74.2 cm³/mol. The van der Waals surface area contributed by atoms with Crippen LogP contribution in [0.1, 0.15) is 25.7 Å². The van der Waals surface area contributed by atoms with Crippen LogP contribution < -0.4 is 16.4 Å². The molecule has 2 amide bonds. The molecule has 7 nitrogen and oxygen atoms in total. The SMILES string of the molecule is NC(=O)OCCNC(=O)C1CCCN1C1CCNCC1. The minimum absolute atomic E-state index is 0.0355. The molecule has 2 aliphatic heterocycles. The summed E-state index contributed by atoms with van der Waals surface area (Å²) in [5.41, 5.74) is 4.86. The van der Waals surface area contributed by atoms with E-state index in [0.29, 0.717) is 12.6 Å². The van der Waals surface area contributed by atoms with Crippen molar-refractivity contribution in [2.75, 3.05) is 32.8 Å². The number of carbonyl (C=O) groups is 2. The van der Waals surface area contributed by atoms with Crippen molar-refractivity contribution >= 4 is 12.0 Å². The van der Waals surface area contributed by atoms with Gasteiger partial charge in [-0.25, -0.2) is 4.79 Å². The summed E-state index contributed by atoms with van der Waals surface area (Å²) in [6.07, 6.45) is 3.38. The largest absolute Gasteiger partial charge is 0.448 e. The summed E-state index contributed by atoms with van der Waals surface area (Å²) >= 11 is 0. The van der Waals surface area contributed by atoms with Crippen molar-refractivity contribution in [2.45, 2.75) is 37.8 Å². The number of rotatable bonds is 5. The van der Waals surface area contributed by atoms with Gasteiger partial charge in [-0.1, -0.05) is 0 Å². The second-order valence-electron chi connectivity index (χ2n) is 5.34. The van der Waals surface area contributed by atoms with Gasteiger partial charge in [-0.3, -0.25) is 9.69 Å². The van der Waals surface area contributed by atoms with Crippen molar-refractivity contribution in [3.8, 4) is 0 Å². The Hall–Kier alpha value is -1.34. The van der Waals surface area contributed by atoms with Crippen molar-refractivity contribution in [2.24, 2.45) is 5.73 Å². The molecule has 2 fully saturated rings. The fourth-order valence-electron chi connectivity index (χ4n) is 3.09. The van der Waals surface area contributed by atoms with Gasteiger partial charge < -0.3 is 21.1 Å². The quantitative estimate of drug-likeness (QED) is 0.587. The van der Waals surface area contributed by atoms with Crippen LogP contribution in [0, 0.1) is 0 Å². The Balaban J connectivity index is 1.77. The lowest BCUT2D eigenvalue weighted by Crippen LogP contribution is -2.51. The molecule has 0 radical (unpaired) electrons. The third kappa shape index (κ3) is 4.08. The maximum atomic E-state index is 12.2. The van der Waals surface area contributed by atoms with E-state index in [1.165, 1.54) is 0 Å². The maximum Gasteiger partial charge on any atom is 0.404 e. The number of nitrogens with one attached hydrogen (secondary N) is 2. The van der Waals surface area contributed by atoms with Crippen molar-refractivity contribution in [3.05, 3.63) is 0 Å². The Morgan fingerprint density at radius 1 is 1.30 bits per heavy atom. The number of hydrogen-bond donors (Lipinski definition) is 3. The Kier molecular flexibility index (Phi) is 5.60. The second kappa shape index (κ2) is 7.44. The number of hydrogen-bond acceptors (Lipinski definition) is 5. The van der Waals surface area contributed by atoms with Crippen molar-refractivity contribution in [1.29, 1.82) is 0 Å². The zero-order valence-corrected chi connectivity index (χ0v) is 11.8. The number of nitrogens with zero attached hydrogens (tertiary/aromatic N) is 1. The van der Waals surface area contributed by atoms with E-state index >= 15 is 0 Å². The summed E-state index contributed by atoms with van der Waals surface area (Å²) in [6.45, 7) is 3.50. The zero-order chi connectivity index (χ0) is 14.4. The van der Waals surface area contributed by atoms with Crippen molar-refractivity contribution in [3.63, 3.8) is 0 Å². The Morgan fingerprint density at radius 2 is 2.05 bits per heavy atom. The molecule has 2 aliphatic rings. The Labute approximate surface area is 119 Å². The number of carbonyl (C=O) groups excluding carboxylic acids is 2. The average Bonchev–Trinajstić information content (AvgIpc) is 2.93. The molecule has 1 atom stereocenters. The zero-order valence-electron chi connectivity index (χ0n) is 11.8. The van der Waals surface area contributed by atoms with Gasteiger partial charge in [-0.15, -0.1) is 0 Å². The third-order valence-electron chi connectivity index (χ3n) is 4.02. The van der Waals surface area contributed by atoms with Gasteiger partial charge in [0.15, 0.2) is 0 Å². The fraction of sp³-hybridized carbons (Fsp3) is 0.846. The van der Waals surface area contributed by atoms with Crippen LogP contribution in [0.5, 0.6) is 0 Å². The maximum absolute atomic E-state index is 12.2. The molecule has 0 spiro atoms. The molecular weight excluding hydrogens is 260 g/mol. The molecule has 2 rings (SSSR count). The van der Waals surface area contributed by atoms with Crippen LogP contribution in [-0.2, 0) is 9.53 Å². The summed E-state index contributed by atoms with van der Waals surface area (Å²) in [5.74, 6) is 0.0362. The highest BCUT2D eigenvalue weighted by molar-refractivity contribution is 5.82. The molecule has 2 saturated heterocycles. The first-order chi connectivity index (χ1) is 9.68. The van der Waals surface area contributed by atoms with Crippen LogP contribution in [0.15, 0.2) is 0 Å². The minimum atomic E-state index is -0.809. The molecule has 0 aliphatic carbocycles. The number of likely N-dealkylation sites (tertiary alicyclic amines) is 1. The standard InChI is InChI=1S/C13H24N4O3/c14-13(19)20-9-7-16-12(18)11-2-1-8-17(11)10-3-5-15-6-4-10/h10-11,15H,1-9H2,(H2,14,19)(H,16,18). The molecule has 1 unspecified atom stereocenters. The number of primary amides is 1. The van der Waals surface area contributed by atoms with Gasteiger partial charge in [0.2, 0.25) is 5.91 Å². The summed E-state index contributed by atoms with van der Waals surface area (Å²) in [7, 11) is 0. The molecule has 114 valence electrons. The lowest BCUT2D eigenvalue weighted by atomic mass is 10.0. The molecule has 20 heavy (non-hydrogen) atoms. The van der Waals surface area contributed by atoms with Crippen LogP contribution in [-0.4, -0.2) is 61.8 Å². The molecule has 0 saturated carbocycles. The van der Waals surface area contributed by atoms with E-state index in [-0.39, 0.29) is 18.6 Å². The molecule has 4 N–H and O–H groups in total. The van der Waals surface area contributed by atoms with Gasteiger partial charge in [0.1, 0.15) is 6.61 Å². The van der Waals surface area contributed by atoms with Crippen LogP contribution in [0.3, 0.4) is 0 Å². The molecule has 7 heteroatoms. The van der Waals surface area contributed by atoms with Crippen LogP contribution in [0.25, 0.3) is 0 Å². The number of amides is 2. The number of piperidine rings is 1. The summed E-state index contributed by atoms with van der Waals surface area (Å²) in [5, 5.41) is 6.17. The van der Waals surface area contributed by atoms with Gasteiger partial charge in [-0.05, 0) is 45.3 Å². The normalized spacial score (nSPS) is 24.5. The lowest BCUT2D eigenvalue weighted by Gasteiger charge is -2.35. The van der Waals surface area contributed by atoms with E-state index in [1.54, 1.807) is 0 Å². The monoisotopic (exact) mass is 284 g/mol. The molecule has 0 aromatic carbocycles. The summed E-state index contributed by atoms with van der Waals surface area (Å²) in [4.78, 5) is 25.0. The minimum Gasteiger partial charge on any atom is -0.448 e. The summed E-state index contributed by atoms with van der Waals surface area (Å²) < 4.78 is 4.60. The number of nitrogens with two attached hydrogens (primary N) is 1. The molecule has 0 bridgehead atoms. The van der Waals surface area contributed by atoms with E-state index in [1.807, 2.05) is 0 Å². The topological polar surface area (TPSA) is 96.7 Å². The van der Waals surface area contributed by atoms with Gasteiger partial charge in [0, 0.05) is 6.04 Å². The molecule has 0 aromatic heterocycles. The Bertz CT molecular complexity index is 345. The van der Waals surface area contributed by atoms with Crippen LogP contribution in [0.4, 0.5) is 4.79 Å². The molecular formula is C13H24N4O3. The smallest absolute Gasteiger partial charge is 0.404 e. The van der Waals surface area contributed by atoms with Crippen LogP contribution >= 0.6 is 0 Å². The van der Waals surface area contributed by atoms with Gasteiger partial charge in [0.25, 0.3) is 0 Å². The van der Waals surface area contributed by atoms with Gasteiger partial charge >= 0.3 is 6.09 Å². The first-order valence-corrected chi connectivity index (χ1v) is 7.35. The van der Waals surface area contributed by atoms with Crippen molar-refractivity contribution < 1.29 is 14.3 Å². The summed E-state index contributed by atoms with van der Waals surface area (Å²) in [6, 6.07) is 0.475. The van der Waals surface area contributed by atoms with E-state index in [0.717, 1.165) is 45.3 Å². The average molecular weight is 284 g/mol. The highest BCUT2D eigenvalue weighted by Crippen LogP contribution is 2.24. The molecule has 0 aromatic rings. The first-order valence-electron chi connectivity index (χ1n) is 7.35. The number of ether oxygens (including phenoxy) is 1. The van der Waals surface area contributed by atoms with Gasteiger partial charge in [-0.2, -0.15) is 0 Å². The first kappa shape index (κ1) is 15.1.